The number of aromatic nitrogens is 4. The van der Waals surface area contributed by atoms with Crippen LogP contribution in [0.3, 0.4) is 0 Å². The Balaban J connectivity index is 2.15. The highest BCUT2D eigenvalue weighted by Crippen LogP contribution is 2.16. The van der Waals surface area contributed by atoms with E-state index in [0.29, 0.717) is 6.54 Å². The topological polar surface area (TPSA) is 108 Å². The van der Waals surface area contributed by atoms with E-state index in [4.69, 9.17) is 5.73 Å². The van der Waals surface area contributed by atoms with E-state index in [1.54, 1.807) is 24.1 Å². The molecule has 0 unspecified atom stereocenters. The van der Waals surface area contributed by atoms with E-state index in [-0.39, 0.29) is 17.3 Å². The lowest BCUT2D eigenvalue weighted by atomic mass is 10.4. The molecule has 0 aromatic carbocycles. The Kier molecular flexibility index (Phi) is 3.58. The van der Waals surface area contributed by atoms with Gasteiger partial charge in [-0.25, -0.2) is 13.1 Å². The van der Waals surface area contributed by atoms with Gasteiger partial charge in [0.25, 0.3) is 0 Å². The Bertz CT molecular complexity index is 672. The Morgan fingerprint density at radius 3 is 2.68 bits per heavy atom. The molecule has 0 saturated heterocycles. The number of nitrogens with one attached hydrogen (secondary N) is 1. The van der Waals surface area contributed by atoms with Gasteiger partial charge >= 0.3 is 0 Å². The third-order valence-corrected chi connectivity index (χ3v) is 4.01. The van der Waals surface area contributed by atoms with Gasteiger partial charge in [0.05, 0.1) is 6.20 Å². The van der Waals surface area contributed by atoms with Crippen LogP contribution >= 0.6 is 0 Å². The Morgan fingerprint density at radius 1 is 1.42 bits per heavy atom. The Morgan fingerprint density at radius 2 is 2.16 bits per heavy atom. The molecule has 3 N–H and O–H groups in total. The lowest BCUT2D eigenvalue weighted by Gasteiger charge is -2.03. The molecular formula is C10H16N6O2S. The Hall–Kier alpha value is -1.87. The van der Waals surface area contributed by atoms with Crippen LogP contribution in [0.4, 0.5) is 5.82 Å². The second-order valence-electron chi connectivity index (χ2n) is 4.08. The zero-order valence-electron chi connectivity index (χ0n) is 10.7. The van der Waals surface area contributed by atoms with E-state index in [1.165, 1.54) is 10.9 Å². The largest absolute Gasteiger partial charge is 0.381 e. The first kappa shape index (κ1) is 13.6. The van der Waals surface area contributed by atoms with Crippen LogP contribution in [0.2, 0.25) is 0 Å². The fourth-order valence-electron chi connectivity index (χ4n) is 1.61. The number of sulfonamides is 1. The maximum Gasteiger partial charge on any atom is 0.246 e. The van der Waals surface area contributed by atoms with Gasteiger partial charge in [-0.2, -0.15) is 10.2 Å². The second kappa shape index (κ2) is 5.02. The average Bonchev–Trinajstić information content (AvgIpc) is 2.93. The van der Waals surface area contributed by atoms with Gasteiger partial charge in [0.15, 0.2) is 5.82 Å². The molecule has 2 heterocycles. The van der Waals surface area contributed by atoms with Gasteiger partial charge in [-0.15, -0.1) is 0 Å². The summed E-state index contributed by atoms with van der Waals surface area (Å²) in [5.41, 5.74) is 6.38. The van der Waals surface area contributed by atoms with Crippen molar-refractivity contribution in [1.82, 2.24) is 24.3 Å². The van der Waals surface area contributed by atoms with E-state index >= 15 is 0 Å². The van der Waals surface area contributed by atoms with Crippen molar-refractivity contribution in [2.24, 2.45) is 7.05 Å². The van der Waals surface area contributed by atoms with Crippen LogP contribution < -0.4 is 10.5 Å². The second-order valence-corrected chi connectivity index (χ2v) is 5.82. The van der Waals surface area contributed by atoms with Crippen molar-refractivity contribution >= 4 is 15.8 Å². The van der Waals surface area contributed by atoms with Crippen LogP contribution in [0.25, 0.3) is 0 Å². The van der Waals surface area contributed by atoms with E-state index in [1.807, 2.05) is 6.92 Å². The van der Waals surface area contributed by atoms with Crippen molar-refractivity contribution in [3.63, 3.8) is 0 Å². The van der Waals surface area contributed by atoms with Gasteiger partial charge in [0.1, 0.15) is 4.90 Å². The molecule has 2 rings (SSSR count). The summed E-state index contributed by atoms with van der Waals surface area (Å²) in [5.74, 6) is 0.000497. The molecule has 0 amide bonds. The molecule has 2 aromatic rings. The number of aryl methyl sites for hydroxylation is 2. The maximum atomic E-state index is 12.1. The van der Waals surface area contributed by atoms with Crippen molar-refractivity contribution in [1.29, 1.82) is 0 Å². The maximum absolute atomic E-state index is 12.1. The van der Waals surface area contributed by atoms with E-state index in [9.17, 15) is 8.42 Å². The SMILES string of the molecule is CCn1cc(S(=O)(=O)NCc2cnn(C)c2)c(N)n1. The summed E-state index contributed by atoms with van der Waals surface area (Å²) < 4.78 is 29.7. The number of nitrogens with two attached hydrogens (primary N) is 1. The minimum absolute atomic E-state index is 0.000497. The quantitative estimate of drug-likeness (QED) is 0.783. The molecule has 0 aliphatic rings. The normalized spacial score (nSPS) is 11.9. The first-order valence-corrected chi connectivity index (χ1v) is 7.21. The van der Waals surface area contributed by atoms with Crippen LogP contribution in [-0.4, -0.2) is 28.0 Å². The third-order valence-electron chi connectivity index (χ3n) is 2.59. The van der Waals surface area contributed by atoms with Crippen LogP contribution in [0.15, 0.2) is 23.5 Å². The van der Waals surface area contributed by atoms with Crippen LogP contribution in [0.1, 0.15) is 12.5 Å². The Labute approximate surface area is 111 Å². The fraction of sp³-hybridized carbons (Fsp3) is 0.400. The van der Waals surface area contributed by atoms with E-state index in [2.05, 4.69) is 14.9 Å². The number of nitrogen functional groups attached to an aromatic ring is 1. The summed E-state index contributed by atoms with van der Waals surface area (Å²) in [6, 6.07) is 0. The monoisotopic (exact) mass is 284 g/mol. The molecule has 0 saturated carbocycles. The molecule has 9 heteroatoms. The predicted octanol–water partition coefficient (Wildman–Crippen LogP) is -0.303. The predicted molar refractivity (Wildman–Crippen MR) is 69.5 cm³/mol. The zero-order valence-corrected chi connectivity index (χ0v) is 11.6. The molecule has 104 valence electrons. The zero-order chi connectivity index (χ0) is 14.0. The molecule has 0 bridgehead atoms. The van der Waals surface area contributed by atoms with Crippen molar-refractivity contribution in [2.75, 3.05) is 5.73 Å². The highest BCUT2D eigenvalue weighted by Gasteiger charge is 2.20. The first-order valence-electron chi connectivity index (χ1n) is 5.72. The van der Waals surface area contributed by atoms with Crippen LogP contribution in [0.5, 0.6) is 0 Å². The van der Waals surface area contributed by atoms with Gasteiger partial charge in [-0.3, -0.25) is 9.36 Å². The summed E-state index contributed by atoms with van der Waals surface area (Å²) in [6.07, 6.45) is 4.75. The number of nitrogens with zero attached hydrogens (tertiary/aromatic N) is 4. The molecule has 0 aliphatic heterocycles. The first-order chi connectivity index (χ1) is 8.92. The third kappa shape index (κ3) is 2.93. The highest BCUT2D eigenvalue weighted by molar-refractivity contribution is 7.89. The number of rotatable bonds is 5. The molecule has 0 fully saturated rings. The van der Waals surface area contributed by atoms with Crippen LogP contribution in [-0.2, 0) is 30.2 Å². The van der Waals surface area contributed by atoms with Crippen molar-refractivity contribution in [3.05, 3.63) is 24.2 Å². The van der Waals surface area contributed by atoms with E-state index in [0.717, 1.165) is 5.56 Å². The van der Waals surface area contributed by atoms with Crippen molar-refractivity contribution < 1.29 is 8.42 Å². The van der Waals surface area contributed by atoms with Crippen LogP contribution in [0, 0.1) is 0 Å². The highest BCUT2D eigenvalue weighted by atomic mass is 32.2. The molecule has 0 spiro atoms. The van der Waals surface area contributed by atoms with Gasteiger partial charge < -0.3 is 5.73 Å². The summed E-state index contributed by atoms with van der Waals surface area (Å²) in [4.78, 5) is -0.00163. The van der Waals surface area contributed by atoms with Gasteiger partial charge in [0, 0.05) is 38.1 Å². The molecule has 0 atom stereocenters. The summed E-state index contributed by atoms with van der Waals surface area (Å²) >= 11 is 0. The average molecular weight is 284 g/mol. The molecule has 2 aromatic heterocycles. The fourth-order valence-corrected chi connectivity index (χ4v) is 2.70. The minimum Gasteiger partial charge on any atom is -0.381 e. The summed E-state index contributed by atoms with van der Waals surface area (Å²) in [6.45, 7) is 2.57. The van der Waals surface area contributed by atoms with E-state index < -0.39 is 10.0 Å². The number of hydrogen-bond acceptors (Lipinski definition) is 5. The molecule has 0 aliphatic carbocycles. The summed E-state index contributed by atoms with van der Waals surface area (Å²) in [5, 5.41) is 7.88. The summed E-state index contributed by atoms with van der Waals surface area (Å²) in [7, 11) is -1.90. The lowest BCUT2D eigenvalue weighted by Crippen LogP contribution is -2.23. The minimum atomic E-state index is -3.66. The smallest absolute Gasteiger partial charge is 0.246 e. The number of anilines is 1. The van der Waals surface area contributed by atoms with Gasteiger partial charge in [0.2, 0.25) is 10.0 Å². The molecule has 8 nitrogen and oxygen atoms in total. The molecular weight excluding hydrogens is 268 g/mol. The molecule has 0 radical (unpaired) electrons. The van der Waals surface area contributed by atoms with Gasteiger partial charge in [-0.1, -0.05) is 0 Å². The lowest BCUT2D eigenvalue weighted by molar-refractivity contribution is 0.581. The molecule has 19 heavy (non-hydrogen) atoms. The van der Waals surface area contributed by atoms with Gasteiger partial charge in [-0.05, 0) is 6.92 Å². The van der Waals surface area contributed by atoms with Crippen molar-refractivity contribution in [3.8, 4) is 0 Å². The van der Waals surface area contributed by atoms with Crippen molar-refractivity contribution in [2.45, 2.75) is 24.9 Å². The standard InChI is InChI=1S/C10H16N6O2S/c1-3-16-7-9(10(11)14-16)19(17,18)13-5-8-4-12-15(2)6-8/h4,6-7,13H,3,5H2,1-2H3,(H2,11,14). The number of hydrogen-bond donors (Lipinski definition) is 2.